The van der Waals surface area contributed by atoms with Gasteiger partial charge in [0.2, 0.25) is 0 Å². The van der Waals surface area contributed by atoms with Crippen molar-refractivity contribution in [3.63, 3.8) is 0 Å². The molecule has 0 spiro atoms. The van der Waals surface area contributed by atoms with Gasteiger partial charge in [0, 0.05) is 17.1 Å². The van der Waals surface area contributed by atoms with Gasteiger partial charge < -0.3 is 4.74 Å². The highest BCUT2D eigenvalue weighted by Crippen LogP contribution is 2.30. The van der Waals surface area contributed by atoms with Crippen LogP contribution in [0.5, 0.6) is 0 Å². The van der Waals surface area contributed by atoms with Crippen LogP contribution in [0.1, 0.15) is 42.3 Å². The lowest BCUT2D eigenvalue weighted by atomic mass is 10.0. The van der Waals surface area contributed by atoms with Gasteiger partial charge in [0.25, 0.3) is 5.91 Å². The quantitative estimate of drug-likeness (QED) is 0.775. The highest BCUT2D eigenvalue weighted by atomic mass is 79.9. The van der Waals surface area contributed by atoms with Crippen molar-refractivity contribution in [3.8, 4) is 0 Å². The Hall–Kier alpha value is -1.56. The molecule has 0 unspecified atom stereocenters. The van der Waals surface area contributed by atoms with Crippen molar-refractivity contribution >= 4 is 27.9 Å². The van der Waals surface area contributed by atoms with Crippen LogP contribution in [-0.2, 0) is 11.3 Å². The fourth-order valence-electron chi connectivity index (χ4n) is 2.27. The van der Waals surface area contributed by atoms with Crippen molar-refractivity contribution < 1.29 is 14.3 Å². The number of fused-ring (bicyclic) bond motifs is 1. The summed E-state index contributed by atoms with van der Waals surface area (Å²) < 4.78 is 6.22. The summed E-state index contributed by atoms with van der Waals surface area (Å²) >= 11 is 3.43. The van der Waals surface area contributed by atoms with Crippen molar-refractivity contribution in [2.24, 2.45) is 0 Å². The van der Waals surface area contributed by atoms with Gasteiger partial charge in [-0.05, 0) is 51.0 Å². The summed E-state index contributed by atoms with van der Waals surface area (Å²) in [7, 11) is 1.54. The molecule has 0 bridgehead atoms. The Morgan fingerprint density at radius 2 is 2.00 bits per heavy atom. The molecule has 2 amide bonds. The molecule has 5 nitrogen and oxygen atoms in total. The van der Waals surface area contributed by atoms with Gasteiger partial charge in [-0.15, -0.1) is 0 Å². The fraction of sp³-hybridized carbons (Fsp3) is 0.467. The number of rotatable bonds is 1. The smallest absolute Gasteiger partial charge is 0.429 e. The maximum atomic E-state index is 12.5. The number of benzene rings is 1. The number of hydrogen-bond donors (Lipinski definition) is 0. The lowest BCUT2D eigenvalue weighted by Crippen LogP contribution is -2.46. The van der Waals surface area contributed by atoms with Crippen molar-refractivity contribution in [3.05, 3.63) is 33.3 Å². The molecule has 1 aromatic rings. The summed E-state index contributed by atoms with van der Waals surface area (Å²) in [6, 6.07) is 3.80. The summed E-state index contributed by atoms with van der Waals surface area (Å²) in [6.45, 7) is 7.63. The molecule has 6 heteroatoms. The van der Waals surface area contributed by atoms with Crippen LogP contribution in [0, 0.1) is 6.92 Å². The van der Waals surface area contributed by atoms with Crippen LogP contribution in [0.3, 0.4) is 0 Å². The summed E-state index contributed by atoms with van der Waals surface area (Å²) in [4.78, 5) is 24.6. The topological polar surface area (TPSA) is 49.9 Å². The number of halogens is 1. The second-order valence-corrected chi connectivity index (χ2v) is 7.04. The van der Waals surface area contributed by atoms with Gasteiger partial charge in [-0.3, -0.25) is 4.79 Å². The Balaban J connectivity index is 2.23. The first-order valence-corrected chi connectivity index (χ1v) is 7.47. The number of hydrazine groups is 1. The maximum Gasteiger partial charge on any atom is 0.429 e. The molecule has 0 saturated heterocycles. The van der Waals surface area contributed by atoms with E-state index in [2.05, 4.69) is 15.9 Å². The first kappa shape index (κ1) is 15.8. The molecule has 0 fully saturated rings. The predicted octanol–water partition coefficient (Wildman–Crippen LogP) is 3.50. The van der Waals surface area contributed by atoms with E-state index < -0.39 is 11.7 Å². The SMILES string of the molecule is Cc1cc(Br)cc2c1C(=O)N(N(C)C(=O)OC(C)(C)C)C2. The number of hydrogen-bond acceptors (Lipinski definition) is 3. The van der Waals surface area contributed by atoms with Crippen molar-refractivity contribution in [1.29, 1.82) is 0 Å². The summed E-state index contributed by atoms with van der Waals surface area (Å²) in [5.41, 5.74) is 1.86. The Labute approximate surface area is 133 Å². The molecular formula is C15H19BrN2O3. The minimum atomic E-state index is -0.597. The van der Waals surface area contributed by atoms with E-state index in [9.17, 15) is 9.59 Å². The second kappa shape index (κ2) is 5.33. The van der Waals surface area contributed by atoms with Gasteiger partial charge in [-0.2, -0.15) is 0 Å². The zero-order valence-electron chi connectivity index (χ0n) is 12.9. The molecule has 1 aliphatic heterocycles. The molecule has 21 heavy (non-hydrogen) atoms. The minimum Gasteiger partial charge on any atom is -0.442 e. The predicted molar refractivity (Wildman–Crippen MR) is 82.7 cm³/mol. The average molecular weight is 355 g/mol. The monoisotopic (exact) mass is 354 g/mol. The van der Waals surface area contributed by atoms with E-state index in [-0.39, 0.29) is 5.91 Å². The third-order valence-corrected chi connectivity index (χ3v) is 3.63. The molecule has 0 N–H and O–H groups in total. The first-order valence-electron chi connectivity index (χ1n) is 6.67. The molecular weight excluding hydrogens is 336 g/mol. The molecule has 1 aliphatic rings. The second-order valence-electron chi connectivity index (χ2n) is 6.12. The summed E-state index contributed by atoms with van der Waals surface area (Å²) in [6.07, 6.45) is -0.541. The van der Waals surface area contributed by atoms with E-state index in [1.165, 1.54) is 10.0 Å². The van der Waals surface area contributed by atoms with Crippen LogP contribution >= 0.6 is 15.9 Å². The number of carbonyl (C=O) groups excluding carboxylic acids is 2. The molecule has 0 aromatic heterocycles. The van der Waals surface area contributed by atoms with E-state index in [4.69, 9.17) is 4.74 Å². The van der Waals surface area contributed by atoms with Crippen molar-refractivity contribution in [1.82, 2.24) is 10.0 Å². The summed E-state index contributed by atoms with van der Waals surface area (Å²) in [5.74, 6) is -0.177. The van der Waals surface area contributed by atoms with Crippen molar-refractivity contribution in [2.75, 3.05) is 7.05 Å². The molecule has 0 aliphatic carbocycles. The van der Waals surface area contributed by atoms with Crippen molar-refractivity contribution in [2.45, 2.75) is 39.8 Å². The highest BCUT2D eigenvalue weighted by Gasteiger charge is 2.35. The Morgan fingerprint density at radius 3 is 2.57 bits per heavy atom. The Bertz CT molecular complexity index is 608. The minimum absolute atomic E-state index is 0.177. The number of carbonyl (C=O) groups is 2. The molecule has 0 atom stereocenters. The van der Waals surface area contributed by atoms with Gasteiger partial charge in [-0.25, -0.2) is 14.8 Å². The molecule has 1 heterocycles. The third kappa shape index (κ3) is 3.20. The fourth-order valence-corrected chi connectivity index (χ4v) is 2.89. The molecule has 0 saturated carbocycles. The van der Waals surface area contributed by atoms with Crippen LogP contribution in [-0.4, -0.2) is 34.7 Å². The molecule has 1 aromatic carbocycles. The van der Waals surface area contributed by atoms with Crippen LogP contribution < -0.4 is 0 Å². The van der Waals surface area contributed by atoms with E-state index in [1.807, 2.05) is 19.1 Å². The Kier molecular flexibility index (Phi) is 4.02. The van der Waals surface area contributed by atoms with E-state index >= 15 is 0 Å². The van der Waals surface area contributed by atoms with E-state index in [0.29, 0.717) is 12.1 Å². The standard InChI is InChI=1S/C15H19BrN2O3/c1-9-6-11(16)7-10-8-18(13(19)12(9)10)17(5)14(20)21-15(2,3)4/h6-7H,8H2,1-5H3. The van der Waals surface area contributed by atoms with Crippen LogP contribution in [0.2, 0.25) is 0 Å². The van der Waals surface area contributed by atoms with Gasteiger partial charge in [0.15, 0.2) is 0 Å². The number of ether oxygens (including phenoxy) is 1. The zero-order valence-corrected chi connectivity index (χ0v) is 14.4. The van der Waals surface area contributed by atoms with E-state index in [1.54, 1.807) is 27.8 Å². The van der Waals surface area contributed by atoms with Gasteiger partial charge in [0.05, 0.1) is 6.54 Å². The lowest BCUT2D eigenvalue weighted by molar-refractivity contribution is -0.0275. The number of nitrogens with zero attached hydrogens (tertiary/aromatic N) is 2. The number of amides is 2. The lowest BCUT2D eigenvalue weighted by Gasteiger charge is -2.30. The number of aryl methyl sites for hydroxylation is 1. The van der Waals surface area contributed by atoms with Gasteiger partial charge in [-0.1, -0.05) is 15.9 Å². The largest absolute Gasteiger partial charge is 0.442 e. The average Bonchev–Trinajstić information content (AvgIpc) is 2.63. The molecule has 0 radical (unpaired) electrons. The first-order chi connectivity index (χ1) is 9.60. The highest BCUT2D eigenvalue weighted by molar-refractivity contribution is 9.10. The molecule has 2 rings (SSSR count). The van der Waals surface area contributed by atoms with Crippen LogP contribution in [0.15, 0.2) is 16.6 Å². The van der Waals surface area contributed by atoms with Gasteiger partial charge >= 0.3 is 6.09 Å². The normalized spacial score (nSPS) is 14.2. The Morgan fingerprint density at radius 1 is 1.38 bits per heavy atom. The van der Waals surface area contributed by atoms with Crippen LogP contribution in [0.4, 0.5) is 4.79 Å². The molecule has 114 valence electrons. The third-order valence-electron chi connectivity index (χ3n) is 3.17. The summed E-state index contributed by atoms with van der Waals surface area (Å²) in [5, 5.41) is 2.64. The van der Waals surface area contributed by atoms with E-state index in [0.717, 1.165) is 15.6 Å². The zero-order chi connectivity index (χ0) is 15.9. The maximum absolute atomic E-state index is 12.5. The van der Waals surface area contributed by atoms with Crippen LogP contribution in [0.25, 0.3) is 0 Å². The van der Waals surface area contributed by atoms with Gasteiger partial charge in [0.1, 0.15) is 5.60 Å².